The summed E-state index contributed by atoms with van der Waals surface area (Å²) in [6.07, 6.45) is 1.63. The second kappa shape index (κ2) is 6.05. The second-order valence-electron chi connectivity index (χ2n) is 5.33. The molecule has 7 heteroatoms. The molecule has 0 spiro atoms. The summed E-state index contributed by atoms with van der Waals surface area (Å²) in [6.45, 7) is 7.39. The Morgan fingerprint density at radius 3 is 2.64 bits per heavy atom. The van der Waals surface area contributed by atoms with E-state index in [-0.39, 0.29) is 11.9 Å². The average molecular weight is 304 g/mol. The summed E-state index contributed by atoms with van der Waals surface area (Å²) in [5.41, 5.74) is 1.91. The topological polar surface area (TPSA) is 89.0 Å². The van der Waals surface area contributed by atoms with Crippen molar-refractivity contribution < 1.29 is 14.3 Å². The molecule has 0 aromatic carbocycles. The van der Waals surface area contributed by atoms with Crippen LogP contribution in [-0.2, 0) is 4.74 Å². The van der Waals surface area contributed by atoms with Crippen LogP contribution in [0.4, 0.5) is 5.82 Å². The molecule has 0 fully saturated rings. The largest absolute Gasteiger partial charge is 0.465 e. The van der Waals surface area contributed by atoms with Gasteiger partial charge in [0.1, 0.15) is 11.5 Å². The van der Waals surface area contributed by atoms with Crippen molar-refractivity contribution in [3.05, 3.63) is 34.8 Å². The Balaban J connectivity index is 2.31. The number of amides is 1. The SMILES string of the molecule is COC(=O)c1c(C)[nH]c(C(=O)Nc2ccnn2C(C)C)c1C. The van der Waals surface area contributed by atoms with E-state index < -0.39 is 5.97 Å². The molecule has 0 saturated carbocycles. The van der Waals surface area contributed by atoms with Crippen LogP contribution < -0.4 is 5.32 Å². The molecule has 2 heterocycles. The first-order chi connectivity index (χ1) is 10.4. The van der Waals surface area contributed by atoms with Crippen LogP contribution >= 0.6 is 0 Å². The number of aromatic amines is 1. The van der Waals surface area contributed by atoms with Crippen molar-refractivity contribution >= 4 is 17.7 Å². The standard InChI is InChI=1S/C15H20N4O3/c1-8(2)19-11(6-7-16-19)18-14(20)13-9(3)12(10(4)17-13)15(21)22-5/h6-8,17H,1-5H3,(H,18,20). The molecule has 0 aliphatic heterocycles. The van der Waals surface area contributed by atoms with E-state index in [0.717, 1.165) is 0 Å². The number of aromatic nitrogens is 3. The third kappa shape index (κ3) is 2.74. The van der Waals surface area contributed by atoms with Crippen molar-refractivity contribution in [1.29, 1.82) is 0 Å². The van der Waals surface area contributed by atoms with Crippen molar-refractivity contribution in [2.75, 3.05) is 12.4 Å². The molecule has 118 valence electrons. The zero-order valence-electron chi connectivity index (χ0n) is 13.4. The number of carbonyl (C=O) groups excluding carboxylic acids is 2. The number of H-pyrrole nitrogens is 1. The van der Waals surface area contributed by atoms with Crippen LogP contribution in [0, 0.1) is 13.8 Å². The third-order valence-corrected chi connectivity index (χ3v) is 3.46. The Morgan fingerprint density at radius 1 is 1.36 bits per heavy atom. The van der Waals surface area contributed by atoms with Gasteiger partial charge < -0.3 is 15.0 Å². The van der Waals surface area contributed by atoms with Crippen LogP contribution in [0.3, 0.4) is 0 Å². The fourth-order valence-electron chi connectivity index (χ4n) is 2.39. The molecular weight excluding hydrogens is 284 g/mol. The normalized spacial score (nSPS) is 10.8. The summed E-state index contributed by atoms with van der Waals surface area (Å²) in [6, 6.07) is 1.85. The van der Waals surface area contributed by atoms with E-state index in [1.807, 2.05) is 13.8 Å². The maximum atomic E-state index is 12.4. The van der Waals surface area contributed by atoms with Crippen LogP contribution in [0.15, 0.2) is 12.3 Å². The molecule has 0 bridgehead atoms. The smallest absolute Gasteiger partial charge is 0.339 e. The lowest BCUT2D eigenvalue weighted by Gasteiger charge is -2.11. The first-order valence-electron chi connectivity index (χ1n) is 6.99. The van der Waals surface area contributed by atoms with Gasteiger partial charge >= 0.3 is 5.97 Å². The molecule has 2 N–H and O–H groups in total. The van der Waals surface area contributed by atoms with Gasteiger partial charge in [-0.15, -0.1) is 0 Å². The van der Waals surface area contributed by atoms with Crippen molar-refractivity contribution in [3.8, 4) is 0 Å². The van der Waals surface area contributed by atoms with Gasteiger partial charge in [-0.25, -0.2) is 9.48 Å². The molecule has 2 aromatic heterocycles. The summed E-state index contributed by atoms with van der Waals surface area (Å²) in [5.74, 6) is -0.179. The van der Waals surface area contributed by atoms with Crippen LogP contribution in [0.2, 0.25) is 0 Å². The van der Waals surface area contributed by atoms with Crippen LogP contribution in [0.1, 0.15) is 52.0 Å². The van der Waals surface area contributed by atoms with Gasteiger partial charge in [-0.3, -0.25) is 4.79 Å². The number of esters is 1. The number of methoxy groups -OCH3 is 1. The van der Waals surface area contributed by atoms with Gasteiger partial charge in [0.2, 0.25) is 0 Å². The van der Waals surface area contributed by atoms with E-state index in [0.29, 0.717) is 28.3 Å². The minimum atomic E-state index is -0.461. The molecule has 7 nitrogen and oxygen atoms in total. The summed E-state index contributed by atoms with van der Waals surface area (Å²) in [4.78, 5) is 27.2. The monoisotopic (exact) mass is 304 g/mol. The number of hydrogen-bond donors (Lipinski definition) is 2. The number of carbonyl (C=O) groups is 2. The van der Waals surface area contributed by atoms with Crippen LogP contribution in [0.25, 0.3) is 0 Å². The molecule has 0 unspecified atom stereocenters. The summed E-state index contributed by atoms with van der Waals surface area (Å²) < 4.78 is 6.46. The lowest BCUT2D eigenvalue weighted by molar-refractivity contribution is 0.0599. The highest BCUT2D eigenvalue weighted by Crippen LogP contribution is 2.21. The highest BCUT2D eigenvalue weighted by atomic mass is 16.5. The molecule has 0 saturated heterocycles. The highest BCUT2D eigenvalue weighted by Gasteiger charge is 2.23. The quantitative estimate of drug-likeness (QED) is 0.849. The fraction of sp³-hybridized carbons (Fsp3) is 0.400. The van der Waals surface area contributed by atoms with E-state index in [1.54, 1.807) is 30.8 Å². The second-order valence-corrected chi connectivity index (χ2v) is 5.33. The first-order valence-corrected chi connectivity index (χ1v) is 6.99. The van der Waals surface area contributed by atoms with Gasteiger partial charge in [-0.2, -0.15) is 5.10 Å². The minimum absolute atomic E-state index is 0.127. The van der Waals surface area contributed by atoms with E-state index >= 15 is 0 Å². The average Bonchev–Trinajstić information content (AvgIpc) is 3.03. The Morgan fingerprint density at radius 2 is 2.05 bits per heavy atom. The number of rotatable bonds is 4. The molecule has 2 rings (SSSR count). The van der Waals surface area contributed by atoms with Gasteiger partial charge in [-0.05, 0) is 33.3 Å². The number of aryl methyl sites for hydroxylation is 1. The predicted molar refractivity (Wildman–Crippen MR) is 82.2 cm³/mol. The number of ether oxygens (including phenoxy) is 1. The minimum Gasteiger partial charge on any atom is -0.465 e. The Hall–Kier alpha value is -2.57. The number of hydrogen-bond acceptors (Lipinski definition) is 4. The Kier molecular flexibility index (Phi) is 4.35. The molecule has 0 atom stereocenters. The lowest BCUT2D eigenvalue weighted by Crippen LogP contribution is -2.18. The fourth-order valence-corrected chi connectivity index (χ4v) is 2.39. The number of nitrogens with zero attached hydrogens (tertiary/aromatic N) is 2. The molecule has 22 heavy (non-hydrogen) atoms. The zero-order chi connectivity index (χ0) is 16.4. The maximum absolute atomic E-state index is 12.4. The molecule has 1 amide bonds. The molecule has 2 aromatic rings. The maximum Gasteiger partial charge on any atom is 0.339 e. The van der Waals surface area contributed by atoms with Crippen LogP contribution in [0.5, 0.6) is 0 Å². The molecular formula is C15H20N4O3. The summed E-state index contributed by atoms with van der Waals surface area (Å²) >= 11 is 0. The predicted octanol–water partition coefficient (Wildman–Crippen LogP) is 2.45. The van der Waals surface area contributed by atoms with Gasteiger partial charge in [0.25, 0.3) is 5.91 Å². The van der Waals surface area contributed by atoms with E-state index in [9.17, 15) is 9.59 Å². The lowest BCUT2D eigenvalue weighted by atomic mass is 10.1. The molecule has 0 aliphatic carbocycles. The first kappa shape index (κ1) is 15.8. The van der Waals surface area contributed by atoms with E-state index in [4.69, 9.17) is 4.74 Å². The number of anilines is 1. The highest BCUT2D eigenvalue weighted by molar-refractivity contribution is 6.06. The number of nitrogens with one attached hydrogen (secondary N) is 2. The van der Waals surface area contributed by atoms with E-state index in [2.05, 4.69) is 15.4 Å². The Bertz CT molecular complexity index is 712. The third-order valence-electron chi connectivity index (χ3n) is 3.46. The van der Waals surface area contributed by atoms with Crippen molar-refractivity contribution in [2.45, 2.75) is 33.7 Å². The van der Waals surface area contributed by atoms with Gasteiger partial charge in [0, 0.05) is 17.8 Å². The molecule has 0 radical (unpaired) electrons. The van der Waals surface area contributed by atoms with Gasteiger partial charge in [-0.1, -0.05) is 0 Å². The van der Waals surface area contributed by atoms with E-state index in [1.165, 1.54) is 7.11 Å². The van der Waals surface area contributed by atoms with Crippen molar-refractivity contribution in [1.82, 2.24) is 14.8 Å². The van der Waals surface area contributed by atoms with Gasteiger partial charge in [0.15, 0.2) is 0 Å². The van der Waals surface area contributed by atoms with Crippen LogP contribution in [-0.4, -0.2) is 33.8 Å². The summed E-state index contributed by atoms with van der Waals surface area (Å²) in [5, 5.41) is 6.97. The Labute approximate surface area is 128 Å². The molecule has 0 aliphatic rings. The zero-order valence-corrected chi connectivity index (χ0v) is 13.4. The summed E-state index contributed by atoms with van der Waals surface area (Å²) in [7, 11) is 1.31. The van der Waals surface area contributed by atoms with Crippen molar-refractivity contribution in [3.63, 3.8) is 0 Å². The van der Waals surface area contributed by atoms with Gasteiger partial charge in [0.05, 0.1) is 18.9 Å². The van der Waals surface area contributed by atoms with Crippen molar-refractivity contribution in [2.24, 2.45) is 0 Å².